The van der Waals surface area contributed by atoms with Gasteiger partial charge in [-0.05, 0) is 67.6 Å². The highest BCUT2D eigenvalue weighted by Crippen LogP contribution is 2.24. The third kappa shape index (κ3) is 6.94. The first kappa shape index (κ1) is 24.6. The molecule has 1 aliphatic heterocycles. The van der Waals surface area contributed by atoms with Crippen LogP contribution in [0.25, 0.3) is 0 Å². The predicted molar refractivity (Wildman–Crippen MR) is 120 cm³/mol. The van der Waals surface area contributed by atoms with Crippen LogP contribution < -0.4 is 15.8 Å². The smallest absolute Gasteiger partial charge is 0.254 e. The lowest BCUT2D eigenvalue weighted by Crippen LogP contribution is -2.40. The molecule has 8 heteroatoms. The Labute approximate surface area is 188 Å². The molecule has 168 valence electrons. The first-order chi connectivity index (χ1) is 14.5. The van der Waals surface area contributed by atoms with Crippen molar-refractivity contribution in [3.05, 3.63) is 59.4 Å². The van der Waals surface area contributed by atoms with E-state index in [0.29, 0.717) is 37.7 Å². The molecule has 0 radical (unpaired) electrons. The van der Waals surface area contributed by atoms with E-state index in [2.05, 4.69) is 5.32 Å². The molecule has 0 saturated carbocycles. The minimum Gasteiger partial charge on any atom is -0.457 e. The van der Waals surface area contributed by atoms with Crippen molar-refractivity contribution in [1.82, 2.24) is 10.2 Å². The van der Waals surface area contributed by atoms with Gasteiger partial charge in [-0.1, -0.05) is 12.1 Å². The number of likely N-dealkylation sites (tertiary alicyclic amines) is 1. The van der Waals surface area contributed by atoms with Crippen molar-refractivity contribution < 1.29 is 18.7 Å². The van der Waals surface area contributed by atoms with Crippen LogP contribution in [0.5, 0.6) is 11.5 Å². The number of rotatable bonds is 7. The number of nitrogens with one attached hydrogen (secondary N) is 1. The van der Waals surface area contributed by atoms with E-state index in [4.69, 9.17) is 10.5 Å². The Morgan fingerprint density at radius 2 is 1.77 bits per heavy atom. The standard InChI is InChI=1S/C23H28FN3O3.ClH/c1-16(28)27-12-9-18(10-13-27)15-26-23(29)21-14-20(6-7-22(21)24)30-19-4-2-17(3-5-19)8-11-25;/h2-7,14,18H,8-13,15,25H2,1H3,(H,26,29);1H. The van der Waals surface area contributed by atoms with E-state index in [1.165, 1.54) is 18.2 Å². The van der Waals surface area contributed by atoms with Crippen LogP contribution in [0, 0.1) is 11.7 Å². The normalized spacial score (nSPS) is 14.0. The second-order valence-electron chi connectivity index (χ2n) is 7.59. The fourth-order valence-electron chi connectivity index (χ4n) is 3.55. The number of halogens is 2. The van der Waals surface area contributed by atoms with Gasteiger partial charge in [0, 0.05) is 26.6 Å². The monoisotopic (exact) mass is 449 g/mol. The Balaban J connectivity index is 0.00000341. The zero-order valence-corrected chi connectivity index (χ0v) is 18.4. The highest BCUT2D eigenvalue weighted by Gasteiger charge is 2.22. The second kappa shape index (κ2) is 11.7. The molecule has 1 saturated heterocycles. The van der Waals surface area contributed by atoms with E-state index in [0.717, 1.165) is 24.8 Å². The fourth-order valence-corrected chi connectivity index (χ4v) is 3.55. The molecule has 3 rings (SSSR count). The molecule has 0 atom stereocenters. The number of carbonyl (C=O) groups excluding carboxylic acids is 2. The number of benzene rings is 2. The first-order valence-electron chi connectivity index (χ1n) is 10.3. The molecule has 0 bridgehead atoms. The lowest BCUT2D eigenvalue weighted by Gasteiger charge is -2.31. The minimum absolute atomic E-state index is 0. The molecule has 2 aromatic rings. The van der Waals surface area contributed by atoms with E-state index in [1.807, 2.05) is 24.3 Å². The van der Waals surface area contributed by atoms with Gasteiger partial charge in [0.2, 0.25) is 5.91 Å². The Morgan fingerprint density at radius 3 is 2.39 bits per heavy atom. The number of amides is 2. The lowest BCUT2D eigenvalue weighted by atomic mass is 9.96. The molecule has 1 heterocycles. The maximum atomic E-state index is 14.2. The maximum Gasteiger partial charge on any atom is 0.254 e. The Bertz CT molecular complexity index is 884. The first-order valence-corrected chi connectivity index (χ1v) is 10.3. The number of carbonyl (C=O) groups is 2. The van der Waals surface area contributed by atoms with E-state index < -0.39 is 11.7 Å². The van der Waals surface area contributed by atoms with Crippen LogP contribution >= 0.6 is 12.4 Å². The molecule has 0 spiro atoms. The van der Waals surface area contributed by atoms with Gasteiger partial charge in [0.1, 0.15) is 17.3 Å². The Morgan fingerprint density at radius 1 is 1.13 bits per heavy atom. The summed E-state index contributed by atoms with van der Waals surface area (Å²) < 4.78 is 20.0. The number of hydrogen-bond acceptors (Lipinski definition) is 4. The van der Waals surface area contributed by atoms with Gasteiger partial charge in [-0.25, -0.2) is 4.39 Å². The van der Waals surface area contributed by atoms with Crippen molar-refractivity contribution in [3.8, 4) is 11.5 Å². The highest BCUT2D eigenvalue weighted by molar-refractivity contribution is 5.94. The van der Waals surface area contributed by atoms with Gasteiger partial charge >= 0.3 is 0 Å². The molecule has 0 aromatic heterocycles. The topological polar surface area (TPSA) is 84.7 Å². The third-order valence-corrected chi connectivity index (χ3v) is 5.39. The van der Waals surface area contributed by atoms with Crippen molar-refractivity contribution >= 4 is 24.2 Å². The molecule has 31 heavy (non-hydrogen) atoms. The molecular formula is C23H29ClFN3O3. The van der Waals surface area contributed by atoms with E-state index in [9.17, 15) is 14.0 Å². The van der Waals surface area contributed by atoms with E-state index in [1.54, 1.807) is 11.8 Å². The van der Waals surface area contributed by atoms with Gasteiger partial charge in [-0.2, -0.15) is 0 Å². The summed E-state index contributed by atoms with van der Waals surface area (Å²) in [5, 5.41) is 2.82. The molecule has 3 N–H and O–H groups in total. The summed E-state index contributed by atoms with van der Waals surface area (Å²) in [6, 6.07) is 11.6. The molecule has 2 amide bonds. The largest absolute Gasteiger partial charge is 0.457 e. The van der Waals surface area contributed by atoms with Crippen molar-refractivity contribution in [1.29, 1.82) is 0 Å². The number of nitrogens with two attached hydrogens (primary N) is 1. The van der Waals surface area contributed by atoms with Gasteiger partial charge in [0.15, 0.2) is 0 Å². The number of ether oxygens (including phenoxy) is 1. The summed E-state index contributed by atoms with van der Waals surface area (Å²) in [5.41, 5.74) is 6.61. The van der Waals surface area contributed by atoms with Crippen LogP contribution in [-0.4, -0.2) is 42.9 Å². The quantitative estimate of drug-likeness (QED) is 0.677. The summed E-state index contributed by atoms with van der Waals surface area (Å²) >= 11 is 0. The van der Waals surface area contributed by atoms with Gasteiger partial charge in [-0.15, -0.1) is 12.4 Å². The van der Waals surface area contributed by atoms with Gasteiger partial charge in [-0.3, -0.25) is 9.59 Å². The second-order valence-corrected chi connectivity index (χ2v) is 7.59. The van der Waals surface area contributed by atoms with Gasteiger partial charge < -0.3 is 20.7 Å². The molecule has 1 aliphatic rings. The van der Waals surface area contributed by atoms with E-state index in [-0.39, 0.29) is 29.8 Å². The molecule has 2 aromatic carbocycles. The summed E-state index contributed by atoms with van der Waals surface area (Å²) in [7, 11) is 0. The molecule has 0 aliphatic carbocycles. The molecule has 0 unspecified atom stereocenters. The lowest BCUT2D eigenvalue weighted by molar-refractivity contribution is -0.130. The average Bonchev–Trinajstić information content (AvgIpc) is 2.75. The molecule has 1 fully saturated rings. The maximum absolute atomic E-state index is 14.2. The summed E-state index contributed by atoms with van der Waals surface area (Å²) in [6.45, 7) is 3.98. The fraction of sp³-hybridized carbons (Fsp3) is 0.391. The van der Waals surface area contributed by atoms with Crippen molar-refractivity contribution in [2.24, 2.45) is 11.7 Å². The SMILES string of the molecule is CC(=O)N1CCC(CNC(=O)c2cc(Oc3ccc(CCN)cc3)ccc2F)CC1.Cl. The minimum atomic E-state index is -0.593. The van der Waals surface area contributed by atoms with Gasteiger partial charge in [0.25, 0.3) is 5.91 Å². The Hall–Kier alpha value is -2.64. The zero-order valence-electron chi connectivity index (χ0n) is 17.6. The summed E-state index contributed by atoms with van der Waals surface area (Å²) in [4.78, 5) is 25.7. The van der Waals surface area contributed by atoms with E-state index >= 15 is 0 Å². The molecular weight excluding hydrogens is 421 g/mol. The highest BCUT2D eigenvalue weighted by atomic mass is 35.5. The van der Waals surface area contributed by atoms with Crippen molar-refractivity contribution in [2.75, 3.05) is 26.2 Å². The number of nitrogens with zero attached hydrogens (tertiary/aromatic N) is 1. The predicted octanol–water partition coefficient (Wildman–Crippen LogP) is 3.53. The van der Waals surface area contributed by atoms with Crippen LogP contribution in [0.2, 0.25) is 0 Å². The van der Waals surface area contributed by atoms with Crippen molar-refractivity contribution in [2.45, 2.75) is 26.2 Å². The average molecular weight is 450 g/mol. The van der Waals surface area contributed by atoms with Gasteiger partial charge in [0.05, 0.1) is 5.56 Å². The Kier molecular flexibility index (Phi) is 9.27. The zero-order chi connectivity index (χ0) is 21.5. The van der Waals surface area contributed by atoms with Crippen LogP contribution in [0.1, 0.15) is 35.7 Å². The van der Waals surface area contributed by atoms with Crippen LogP contribution in [0.4, 0.5) is 4.39 Å². The van der Waals surface area contributed by atoms with Crippen LogP contribution in [-0.2, 0) is 11.2 Å². The molecule has 6 nitrogen and oxygen atoms in total. The van der Waals surface area contributed by atoms with Crippen molar-refractivity contribution in [3.63, 3.8) is 0 Å². The van der Waals surface area contributed by atoms with Crippen LogP contribution in [0.15, 0.2) is 42.5 Å². The third-order valence-electron chi connectivity index (χ3n) is 5.39. The van der Waals surface area contributed by atoms with Crippen LogP contribution in [0.3, 0.4) is 0 Å². The summed E-state index contributed by atoms with van der Waals surface area (Å²) in [6.07, 6.45) is 2.44. The number of hydrogen-bond donors (Lipinski definition) is 2. The summed E-state index contributed by atoms with van der Waals surface area (Å²) in [5.74, 6) is 0.285. The number of piperidine rings is 1.